The summed E-state index contributed by atoms with van der Waals surface area (Å²) in [7, 11) is 0. The van der Waals surface area contributed by atoms with Crippen molar-refractivity contribution in [3.63, 3.8) is 0 Å². The number of nitrogens with one attached hydrogen (secondary N) is 1. The minimum absolute atomic E-state index is 0.0118. The summed E-state index contributed by atoms with van der Waals surface area (Å²) in [5, 5.41) is 6.98. The topological polar surface area (TPSA) is 46.9 Å². The van der Waals surface area contributed by atoms with Crippen LogP contribution in [0.1, 0.15) is 38.3 Å². The van der Waals surface area contributed by atoms with Crippen LogP contribution >= 0.6 is 11.8 Å². The first kappa shape index (κ1) is 22.3. The first-order valence-corrected chi connectivity index (χ1v) is 10.5. The molecule has 168 valence electrons. The van der Waals surface area contributed by atoms with Gasteiger partial charge in [-0.15, -0.1) is 0 Å². The van der Waals surface area contributed by atoms with Gasteiger partial charge in [0.15, 0.2) is 0 Å². The van der Waals surface area contributed by atoms with Gasteiger partial charge >= 0.3 is 12.4 Å². The van der Waals surface area contributed by atoms with Crippen molar-refractivity contribution in [2.45, 2.75) is 30.8 Å². The number of rotatable bonds is 3. The molecule has 0 unspecified atom stereocenters. The smallest absolute Gasteiger partial charge is 0.306 e. The van der Waals surface area contributed by atoms with Crippen LogP contribution in [0.2, 0.25) is 0 Å². The summed E-state index contributed by atoms with van der Waals surface area (Å²) in [5.74, 6) is 0.230. The molecule has 0 aliphatic carbocycles. The fourth-order valence-corrected chi connectivity index (χ4v) is 4.39. The highest BCUT2D eigenvalue weighted by atomic mass is 32.2. The van der Waals surface area contributed by atoms with Crippen molar-refractivity contribution < 1.29 is 31.1 Å². The van der Waals surface area contributed by atoms with Gasteiger partial charge in [0.2, 0.25) is 0 Å². The molecule has 1 amide bonds. The van der Waals surface area contributed by atoms with Crippen molar-refractivity contribution in [3.05, 3.63) is 76.0 Å². The second kappa shape index (κ2) is 7.88. The van der Waals surface area contributed by atoms with Crippen LogP contribution in [-0.2, 0) is 23.9 Å². The van der Waals surface area contributed by atoms with Gasteiger partial charge in [0.25, 0.3) is 5.91 Å². The minimum Gasteiger partial charge on any atom is -0.306 e. The third-order valence-electron chi connectivity index (χ3n) is 4.88. The van der Waals surface area contributed by atoms with Crippen LogP contribution in [0.5, 0.6) is 0 Å². The molecule has 0 spiro atoms. The Kier molecular flexibility index (Phi) is 5.48. The molecule has 4 rings (SSSR count). The molecule has 1 aliphatic rings. The maximum atomic E-state index is 13.2. The fraction of sp³-hybridized carbons (Fsp3) is 0.238. The predicted molar refractivity (Wildman–Crippen MR) is 108 cm³/mol. The first-order chi connectivity index (χ1) is 14.9. The van der Waals surface area contributed by atoms with Crippen LogP contribution in [0.15, 0.2) is 42.5 Å². The number of aryl methyl sites for hydroxylation is 1. The predicted octanol–water partition coefficient (Wildman–Crippen LogP) is 6.22. The lowest BCUT2D eigenvalue weighted by molar-refractivity contribution is -0.143. The molecule has 2 aromatic carbocycles. The lowest BCUT2D eigenvalue weighted by Crippen LogP contribution is -2.19. The highest BCUT2D eigenvalue weighted by Gasteiger charge is 2.37. The van der Waals surface area contributed by atoms with Crippen molar-refractivity contribution in [2.75, 3.05) is 5.32 Å². The van der Waals surface area contributed by atoms with E-state index in [-0.39, 0.29) is 11.9 Å². The van der Waals surface area contributed by atoms with Crippen LogP contribution < -0.4 is 5.32 Å². The van der Waals surface area contributed by atoms with Gasteiger partial charge in [0, 0.05) is 22.6 Å². The number of anilines is 1. The SMILES string of the molecule is Cc1cccc(-n2nc3c(c2NC(=O)c2cc(C(F)(F)F)cc(C(F)(F)F)c2)CSC3)c1. The number of amides is 1. The Labute approximate surface area is 182 Å². The van der Waals surface area contributed by atoms with E-state index in [2.05, 4.69) is 10.4 Å². The zero-order valence-corrected chi connectivity index (χ0v) is 17.3. The number of aromatic nitrogens is 2. The number of nitrogens with zero attached hydrogens (tertiary/aromatic N) is 2. The summed E-state index contributed by atoms with van der Waals surface area (Å²) in [6.45, 7) is 1.86. The minimum atomic E-state index is -5.04. The molecule has 0 bridgehead atoms. The molecule has 0 saturated carbocycles. The Morgan fingerprint density at radius 2 is 1.66 bits per heavy atom. The number of halogens is 6. The maximum Gasteiger partial charge on any atom is 0.416 e. The van der Waals surface area contributed by atoms with Crippen LogP contribution in [0.4, 0.5) is 32.2 Å². The number of hydrogen-bond donors (Lipinski definition) is 1. The Morgan fingerprint density at radius 1 is 1.00 bits per heavy atom. The molecule has 0 radical (unpaired) electrons. The number of hydrogen-bond acceptors (Lipinski definition) is 3. The van der Waals surface area contributed by atoms with Gasteiger partial charge in [0.05, 0.1) is 22.5 Å². The van der Waals surface area contributed by atoms with E-state index in [1.165, 1.54) is 4.68 Å². The van der Waals surface area contributed by atoms with Crippen molar-refractivity contribution in [1.82, 2.24) is 9.78 Å². The summed E-state index contributed by atoms with van der Waals surface area (Å²) in [5.41, 5.74) is -0.934. The van der Waals surface area contributed by atoms with E-state index in [0.29, 0.717) is 40.6 Å². The molecular formula is C21H15F6N3OS. The van der Waals surface area contributed by atoms with Crippen LogP contribution in [0, 0.1) is 6.92 Å². The summed E-state index contributed by atoms with van der Waals surface area (Å²) >= 11 is 1.54. The third-order valence-corrected chi connectivity index (χ3v) is 5.85. The van der Waals surface area contributed by atoms with E-state index in [4.69, 9.17) is 0 Å². The summed E-state index contributed by atoms with van der Waals surface area (Å²) in [6.07, 6.45) is -10.1. The molecule has 1 aliphatic heterocycles. The Morgan fingerprint density at radius 3 is 2.25 bits per heavy atom. The third kappa shape index (κ3) is 4.34. The molecule has 0 fully saturated rings. The molecule has 1 N–H and O–H groups in total. The van der Waals surface area contributed by atoms with Crippen molar-refractivity contribution in [1.29, 1.82) is 0 Å². The lowest BCUT2D eigenvalue weighted by atomic mass is 10.0. The van der Waals surface area contributed by atoms with Gasteiger partial charge in [-0.2, -0.15) is 43.2 Å². The van der Waals surface area contributed by atoms with Gasteiger partial charge in [0.1, 0.15) is 5.82 Å². The highest BCUT2D eigenvalue weighted by Crippen LogP contribution is 2.38. The largest absolute Gasteiger partial charge is 0.416 e. The van der Waals surface area contributed by atoms with Gasteiger partial charge in [-0.05, 0) is 42.8 Å². The second-order valence-corrected chi connectivity index (χ2v) is 8.25. The van der Waals surface area contributed by atoms with E-state index in [9.17, 15) is 31.1 Å². The second-order valence-electron chi connectivity index (χ2n) is 7.27. The van der Waals surface area contributed by atoms with Crippen molar-refractivity contribution in [2.24, 2.45) is 0 Å². The van der Waals surface area contributed by atoms with E-state index in [0.717, 1.165) is 5.56 Å². The van der Waals surface area contributed by atoms with Gasteiger partial charge < -0.3 is 5.32 Å². The molecule has 32 heavy (non-hydrogen) atoms. The molecule has 0 saturated heterocycles. The lowest BCUT2D eigenvalue weighted by Gasteiger charge is -2.15. The Bertz CT molecular complexity index is 1170. The average Bonchev–Trinajstić information content (AvgIpc) is 3.29. The number of benzene rings is 2. The number of carbonyl (C=O) groups excluding carboxylic acids is 1. The highest BCUT2D eigenvalue weighted by molar-refractivity contribution is 7.98. The summed E-state index contributed by atoms with van der Waals surface area (Å²) in [4.78, 5) is 12.8. The molecule has 4 nitrogen and oxygen atoms in total. The molecule has 0 atom stereocenters. The Hall–Kier alpha value is -2.95. The Balaban J connectivity index is 1.77. The van der Waals surface area contributed by atoms with Crippen molar-refractivity contribution in [3.8, 4) is 5.69 Å². The fourth-order valence-electron chi connectivity index (χ4n) is 3.35. The normalized spacial score (nSPS) is 13.8. The standard InChI is InChI=1S/C21H15F6N3OS/c1-11-3-2-4-15(5-11)30-18(16-9-32-10-17(16)29-30)28-19(31)12-6-13(20(22,23)24)8-14(7-12)21(25,26)27/h2-8H,9-10H2,1H3,(H,28,31). The zero-order chi connectivity index (χ0) is 23.3. The van der Waals surface area contributed by atoms with E-state index in [1.807, 2.05) is 13.0 Å². The average molecular weight is 471 g/mol. The first-order valence-electron chi connectivity index (χ1n) is 9.30. The molecule has 1 aromatic heterocycles. The number of alkyl halides is 6. The van der Waals surface area contributed by atoms with Gasteiger partial charge in [-0.1, -0.05) is 12.1 Å². The zero-order valence-electron chi connectivity index (χ0n) is 16.4. The van der Waals surface area contributed by atoms with Crippen molar-refractivity contribution >= 4 is 23.5 Å². The number of thioether (sulfide) groups is 1. The number of fused-ring (bicyclic) bond motifs is 1. The van der Waals surface area contributed by atoms with E-state index >= 15 is 0 Å². The maximum absolute atomic E-state index is 13.2. The monoisotopic (exact) mass is 471 g/mol. The quantitative estimate of drug-likeness (QED) is 0.462. The van der Waals surface area contributed by atoms with E-state index < -0.39 is 35.0 Å². The van der Waals surface area contributed by atoms with Gasteiger partial charge in [-0.25, -0.2) is 4.68 Å². The van der Waals surface area contributed by atoms with Crippen LogP contribution in [0.25, 0.3) is 5.69 Å². The molecule has 11 heteroatoms. The molecular weight excluding hydrogens is 456 g/mol. The summed E-state index contributed by atoms with van der Waals surface area (Å²) in [6, 6.07) is 7.99. The van der Waals surface area contributed by atoms with Crippen LogP contribution in [0.3, 0.4) is 0 Å². The molecule has 2 heterocycles. The van der Waals surface area contributed by atoms with Crippen LogP contribution in [-0.4, -0.2) is 15.7 Å². The number of carbonyl (C=O) groups is 1. The van der Waals surface area contributed by atoms with E-state index in [1.54, 1.807) is 30.0 Å². The summed E-state index contributed by atoms with van der Waals surface area (Å²) < 4.78 is 80.4. The molecule has 3 aromatic rings. The van der Waals surface area contributed by atoms with Gasteiger partial charge in [-0.3, -0.25) is 4.79 Å².